The normalized spacial score (nSPS) is 19.2. The van der Waals surface area contributed by atoms with Crippen LogP contribution >= 0.6 is 11.3 Å². The van der Waals surface area contributed by atoms with Gasteiger partial charge in [-0.2, -0.15) is 0 Å². The van der Waals surface area contributed by atoms with Crippen LogP contribution in [0.2, 0.25) is 0 Å². The first kappa shape index (κ1) is 15.7. The Hall–Kier alpha value is -1.66. The lowest BCUT2D eigenvalue weighted by Gasteiger charge is -2.13. The monoisotopic (exact) mass is 308 g/mol. The molecule has 1 atom stereocenters. The summed E-state index contributed by atoms with van der Waals surface area (Å²) in [6, 6.07) is 3.49. The summed E-state index contributed by atoms with van der Waals surface area (Å²) in [5.74, 6) is -0.540. The predicted molar refractivity (Wildman–Crippen MR) is 83.5 cm³/mol. The number of nitrogens with one attached hydrogen (secondary N) is 1. The highest BCUT2D eigenvalue weighted by Crippen LogP contribution is 2.19. The van der Waals surface area contributed by atoms with Gasteiger partial charge in [-0.1, -0.05) is 6.92 Å². The van der Waals surface area contributed by atoms with E-state index < -0.39 is 5.97 Å². The summed E-state index contributed by atoms with van der Waals surface area (Å²) in [6.07, 6.45) is 3.70. The summed E-state index contributed by atoms with van der Waals surface area (Å²) in [6.45, 7) is 6.08. The van der Waals surface area contributed by atoms with Gasteiger partial charge >= 0.3 is 5.97 Å². The van der Waals surface area contributed by atoms with Crippen LogP contribution in [0.4, 0.5) is 0 Å². The number of carbonyl (C=O) groups is 2. The number of hydrogen-bond donors (Lipinski definition) is 2. The van der Waals surface area contributed by atoms with E-state index in [0.29, 0.717) is 17.3 Å². The van der Waals surface area contributed by atoms with Crippen LogP contribution in [0.1, 0.15) is 27.9 Å². The number of hydrogen-bond acceptors (Lipinski definition) is 4. The van der Waals surface area contributed by atoms with Crippen molar-refractivity contribution >= 4 is 29.3 Å². The second-order valence-electron chi connectivity index (χ2n) is 5.13. The lowest BCUT2D eigenvalue weighted by molar-refractivity contribution is -0.131. The summed E-state index contributed by atoms with van der Waals surface area (Å²) >= 11 is 1.30. The minimum absolute atomic E-state index is 0.0788. The van der Waals surface area contributed by atoms with E-state index in [2.05, 4.69) is 17.1 Å². The van der Waals surface area contributed by atoms with Gasteiger partial charge in [0.15, 0.2) is 0 Å². The molecule has 0 radical (unpaired) electrons. The third kappa shape index (κ3) is 4.68. The number of rotatable bonds is 6. The van der Waals surface area contributed by atoms with E-state index in [1.807, 2.05) is 0 Å². The van der Waals surface area contributed by atoms with Crippen molar-refractivity contribution < 1.29 is 14.7 Å². The molecule has 1 aromatic rings. The molecule has 114 valence electrons. The fourth-order valence-electron chi connectivity index (χ4n) is 2.41. The van der Waals surface area contributed by atoms with Gasteiger partial charge in [0.05, 0.1) is 4.88 Å². The molecule has 0 aliphatic carbocycles. The summed E-state index contributed by atoms with van der Waals surface area (Å²) in [5.41, 5.74) is 0. The van der Waals surface area contributed by atoms with Gasteiger partial charge < -0.3 is 15.3 Å². The standard InChI is InChI=1S/C15H20N2O3S/c1-2-17-8-7-11(10-17)9-16-15(20)13-5-3-12(21-13)4-6-14(18)19/h3-6,11H,2,7-10H2,1H3,(H,16,20)(H,18,19). The van der Waals surface area contributed by atoms with Crippen LogP contribution in [-0.4, -0.2) is 48.1 Å². The molecule has 1 aliphatic heterocycles. The van der Waals surface area contributed by atoms with Crippen LogP contribution in [0.15, 0.2) is 18.2 Å². The van der Waals surface area contributed by atoms with Gasteiger partial charge in [-0.3, -0.25) is 4.79 Å². The van der Waals surface area contributed by atoms with Gasteiger partial charge in [0.2, 0.25) is 0 Å². The molecule has 2 N–H and O–H groups in total. The van der Waals surface area contributed by atoms with Gasteiger partial charge in [-0.25, -0.2) is 4.79 Å². The second kappa shape index (κ2) is 7.38. The van der Waals surface area contributed by atoms with Crippen molar-refractivity contribution in [3.63, 3.8) is 0 Å². The first-order valence-electron chi connectivity index (χ1n) is 7.10. The Bertz CT molecular complexity index is 539. The molecule has 1 aromatic heterocycles. The van der Waals surface area contributed by atoms with Crippen LogP contribution in [0.25, 0.3) is 6.08 Å². The Kier molecular flexibility index (Phi) is 5.52. The van der Waals surface area contributed by atoms with E-state index >= 15 is 0 Å². The Labute approximate surface area is 128 Å². The lowest BCUT2D eigenvalue weighted by atomic mass is 10.1. The fourth-order valence-corrected chi connectivity index (χ4v) is 3.24. The van der Waals surface area contributed by atoms with Crippen molar-refractivity contribution in [3.05, 3.63) is 28.0 Å². The predicted octanol–water partition coefficient (Wildman–Crippen LogP) is 1.92. The number of carboxylic acids is 1. The Morgan fingerprint density at radius 2 is 2.33 bits per heavy atom. The minimum atomic E-state index is -0.990. The van der Waals surface area contributed by atoms with E-state index in [-0.39, 0.29) is 5.91 Å². The highest BCUT2D eigenvalue weighted by molar-refractivity contribution is 7.14. The van der Waals surface area contributed by atoms with E-state index in [1.54, 1.807) is 12.1 Å². The first-order chi connectivity index (χ1) is 10.1. The average Bonchev–Trinajstić information content (AvgIpc) is 3.11. The molecule has 2 heterocycles. The first-order valence-corrected chi connectivity index (χ1v) is 7.91. The van der Waals surface area contributed by atoms with Crippen LogP contribution in [0, 0.1) is 5.92 Å². The summed E-state index contributed by atoms with van der Waals surface area (Å²) < 4.78 is 0. The van der Waals surface area contributed by atoms with Crippen molar-refractivity contribution in [2.75, 3.05) is 26.2 Å². The molecule has 1 aliphatic rings. The SMILES string of the molecule is CCN1CCC(CNC(=O)c2ccc(C=CC(=O)O)s2)C1. The number of carboxylic acid groups (broad SMARTS) is 1. The molecule has 0 spiro atoms. The number of nitrogens with zero attached hydrogens (tertiary/aromatic N) is 1. The Balaban J connectivity index is 1.82. The molecule has 2 rings (SSSR count). The summed E-state index contributed by atoms with van der Waals surface area (Å²) in [7, 11) is 0. The van der Waals surface area contributed by atoms with Gasteiger partial charge in [0.1, 0.15) is 0 Å². The lowest BCUT2D eigenvalue weighted by Crippen LogP contribution is -2.30. The zero-order valence-electron chi connectivity index (χ0n) is 12.0. The summed E-state index contributed by atoms with van der Waals surface area (Å²) in [5, 5.41) is 11.5. The number of likely N-dealkylation sites (tertiary alicyclic amines) is 1. The molecular formula is C15H20N2O3S. The number of aliphatic carboxylic acids is 1. The number of amides is 1. The van der Waals surface area contributed by atoms with Gasteiger partial charge in [0.25, 0.3) is 5.91 Å². The molecule has 6 heteroatoms. The smallest absolute Gasteiger partial charge is 0.328 e. The van der Waals surface area contributed by atoms with Crippen molar-refractivity contribution in [3.8, 4) is 0 Å². The summed E-state index contributed by atoms with van der Waals surface area (Å²) in [4.78, 5) is 26.3. The highest BCUT2D eigenvalue weighted by Gasteiger charge is 2.21. The van der Waals surface area contributed by atoms with Crippen molar-refractivity contribution in [1.82, 2.24) is 10.2 Å². The zero-order chi connectivity index (χ0) is 15.2. The largest absolute Gasteiger partial charge is 0.478 e. The molecule has 1 saturated heterocycles. The van der Waals surface area contributed by atoms with Gasteiger partial charge in [0, 0.05) is 24.0 Å². The van der Waals surface area contributed by atoms with Crippen LogP contribution in [-0.2, 0) is 4.79 Å². The average molecular weight is 308 g/mol. The maximum Gasteiger partial charge on any atom is 0.328 e. The maximum atomic E-state index is 12.0. The van der Waals surface area contributed by atoms with E-state index in [4.69, 9.17) is 5.11 Å². The quantitative estimate of drug-likeness (QED) is 0.788. The van der Waals surface area contributed by atoms with Gasteiger partial charge in [-0.15, -0.1) is 11.3 Å². The Morgan fingerprint density at radius 3 is 3.00 bits per heavy atom. The molecule has 1 fully saturated rings. The van der Waals surface area contributed by atoms with E-state index in [1.165, 1.54) is 17.4 Å². The third-order valence-electron chi connectivity index (χ3n) is 3.61. The van der Waals surface area contributed by atoms with Gasteiger partial charge in [-0.05, 0) is 43.6 Å². The van der Waals surface area contributed by atoms with Crippen molar-refractivity contribution in [2.24, 2.45) is 5.92 Å². The topological polar surface area (TPSA) is 69.6 Å². The fraction of sp³-hybridized carbons (Fsp3) is 0.467. The molecular weight excluding hydrogens is 288 g/mol. The second-order valence-corrected chi connectivity index (χ2v) is 6.25. The molecule has 21 heavy (non-hydrogen) atoms. The molecule has 0 aromatic carbocycles. The van der Waals surface area contributed by atoms with Crippen molar-refractivity contribution in [1.29, 1.82) is 0 Å². The van der Waals surface area contributed by atoms with Crippen LogP contribution in [0.3, 0.4) is 0 Å². The van der Waals surface area contributed by atoms with E-state index in [9.17, 15) is 9.59 Å². The Morgan fingerprint density at radius 1 is 1.52 bits per heavy atom. The van der Waals surface area contributed by atoms with E-state index in [0.717, 1.165) is 37.0 Å². The zero-order valence-corrected chi connectivity index (χ0v) is 12.9. The van der Waals surface area contributed by atoms with Crippen molar-refractivity contribution in [2.45, 2.75) is 13.3 Å². The number of thiophene rings is 1. The molecule has 0 saturated carbocycles. The highest BCUT2D eigenvalue weighted by atomic mass is 32.1. The molecule has 0 bridgehead atoms. The molecule has 1 unspecified atom stereocenters. The van der Waals surface area contributed by atoms with Crippen LogP contribution in [0.5, 0.6) is 0 Å². The van der Waals surface area contributed by atoms with Crippen LogP contribution < -0.4 is 5.32 Å². The number of carbonyl (C=O) groups excluding carboxylic acids is 1. The molecule has 5 nitrogen and oxygen atoms in total. The minimum Gasteiger partial charge on any atom is -0.478 e. The maximum absolute atomic E-state index is 12.0. The third-order valence-corrected chi connectivity index (χ3v) is 4.66. The molecule has 1 amide bonds.